The maximum Gasteiger partial charge on any atom is 0.387 e. The number of ether oxygens (including phenoxy) is 3. The van der Waals surface area contributed by atoms with Crippen molar-refractivity contribution in [2.24, 2.45) is 0 Å². The van der Waals surface area contributed by atoms with Crippen LogP contribution in [0, 0.1) is 0 Å². The molecule has 32 heavy (non-hydrogen) atoms. The number of unbranched alkanes of at least 4 members (excludes halogenated alkanes) is 2. The van der Waals surface area contributed by atoms with E-state index in [0.29, 0.717) is 49.7 Å². The Hall–Kier alpha value is -2.92. The van der Waals surface area contributed by atoms with Crippen molar-refractivity contribution < 1.29 is 36.2 Å². The Bertz CT molecular complexity index is 1020. The highest BCUT2D eigenvalue weighted by molar-refractivity contribution is 7.89. The summed E-state index contributed by atoms with van der Waals surface area (Å²) in [4.78, 5) is 12.1. The molecule has 0 aromatic heterocycles. The predicted molar refractivity (Wildman–Crippen MR) is 113 cm³/mol. The second-order valence-electron chi connectivity index (χ2n) is 6.96. The maximum absolute atomic E-state index is 12.4. The lowest BCUT2D eigenvalue weighted by Gasteiger charge is -2.18. The second-order valence-corrected chi connectivity index (χ2v) is 8.73. The summed E-state index contributed by atoms with van der Waals surface area (Å²) in [6.45, 7) is -1.86. The van der Waals surface area contributed by atoms with E-state index < -0.39 is 16.6 Å². The minimum atomic E-state index is -3.67. The van der Waals surface area contributed by atoms with Crippen LogP contribution in [0.2, 0.25) is 0 Å². The Morgan fingerprint density at radius 1 is 1.00 bits per heavy atom. The van der Waals surface area contributed by atoms with E-state index in [0.717, 1.165) is 0 Å². The average molecular weight is 470 g/mol. The van der Waals surface area contributed by atoms with Gasteiger partial charge < -0.3 is 19.5 Å². The molecule has 2 aromatic rings. The topological polar surface area (TPSA) is 103 Å². The molecule has 3 rings (SSSR count). The molecule has 1 aliphatic heterocycles. The third-order valence-corrected chi connectivity index (χ3v) is 6.02. The number of halogens is 2. The lowest BCUT2D eigenvalue weighted by atomic mass is 10.2. The predicted octanol–water partition coefficient (Wildman–Crippen LogP) is 3.54. The lowest BCUT2D eigenvalue weighted by molar-refractivity contribution is -0.116. The van der Waals surface area contributed by atoms with Crippen LogP contribution < -0.4 is 24.2 Å². The van der Waals surface area contributed by atoms with Gasteiger partial charge in [0, 0.05) is 24.7 Å². The molecule has 0 saturated carbocycles. The highest BCUT2D eigenvalue weighted by atomic mass is 32.2. The number of anilines is 1. The number of nitrogens with one attached hydrogen (secondary N) is 2. The van der Waals surface area contributed by atoms with Gasteiger partial charge in [-0.2, -0.15) is 8.78 Å². The first-order valence-corrected chi connectivity index (χ1v) is 11.6. The molecule has 174 valence electrons. The zero-order chi connectivity index (χ0) is 23.0. The third kappa shape index (κ3) is 7.06. The number of alkyl halides is 2. The number of benzene rings is 2. The van der Waals surface area contributed by atoms with E-state index in [-0.39, 0.29) is 29.5 Å². The zero-order valence-corrected chi connectivity index (χ0v) is 18.0. The van der Waals surface area contributed by atoms with Crippen LogP contribution in [0.1, 0.15) is 25.7 Å². The van der Waals surface area contributed by atoms with Crippen molar-refractivity contribution >= 4 is 21.6 Å². The molecular weight excluding hydrogens is 446 g/mol. The van der Waals surface area contributed by atoms with Gasteiger partial charge in [0.2, 0.25) is 15.9 Å². The van der Waals surface area contributed by atoms with E-state index in [2.05, 4.69) is 14.8 Å². The van der Waals surface area contributed by atoms with Crippen LogP contribution in [-0.2, 0) is 14.8 Å². The molecule has 0 saturated heterocycles. The molecule has 1 amide bonds. The zero-order valence-electron chi connectivity index (χ0n) is 17.2. The van der Waals surface area contributed by atoms with Crippen molar-refractivity contribution in [3.8, 4) is 17.2 Å². The van der Waals surface area contributed by atoms with Crippen LogP contribution in [-0.4, -0.2) is 40.7 Å². The van der Waals surface area contributed by atoms with Crippen LogP contribution in [0.25, 0.3) is 0 Å². The standard InChI is InChI=1S/C21H24F2N2O6S/c22-21(23)31-16-7-5-15(6-8-16)25-20(26)4-2-1-3-11-24-32(27,28)17-9-10-18-19(14-17)30-13-12-29-18/h5-10,14,21,24H,1-4,11-13H2,(H,25,26). The van der Waals surface area contributed by atoms with E-state index in [1.165, 1.54) is 36.4 Å². The molecule has 2 aromatic carbocycles. The van der Waals surface area contributed by atoms with Crippen LogP contribution in [0.3, 0.4) is 0 Å². The molecule has 0 bridgehead atoms. The van der Waals surface area contributed by atoms with Crippen molar-refractivity contribution in [3.05, 3.63) is 42.5 Å². The number of carbonyl (C=O) groups is 1. The van der Waals surface area contributed by atoms with E-state index in [4.69, 9.17) is 9.47 Å². The Morgan fingerprint density at radius 2 is 1.72 bits per heavy atom. The second kappa shape index (κ2) is 11.1. The summed E-state index contributed by atoms with van der Waals surface area (Å²) in [7, 11) is -3.67. The quantitative estimate of drug-likeness (QED) is 0.487. The van der Waals surface area contributed by atoms with Gasteiger partial charge in [-0.1, -0.05) is 6.42 Å². The van der Waals surface area contributed by atoms with Crippen molar-refractivity contribution in [3.63, 3.8) is 0 Å². The minimum Gasteiger partial charge on any atom is -0.486 e. The van der Waals surface area contributed by atoms with Gasteiger partial charge in [-0.25, -0.2) is 13.1 Å². The summed E-state index contributed by atoms with van der Waals surface area (Å²) in [5.41, 5.74) is 0.476. The monoisotopic (exact) mass is 470 g/mol. The number of sulfonamides is 1. The molecule has 1 aliphatic rings. The molecule has 11 heteroatoms. The van der Waals surface area contributed by atoms with Crippen molar-refractivity contribution in [2.75, 3.05) is 25.1 Å². The van der Waals surface area contributed by atoms with Crippen molar-refractivity contribution in [1.29, 1.82) is 0 Å². The van der Waals surface area contributed by atoms with Crippen LogP contribution in [0.5, 0.6) is 17.2 Å². The van der Waals surface area contributed by atoms with E-state index in [1.54, 1.807) is 6.07 Å². The molecule has 0 aliphatic carbocycles. The van der Waals surface area contributed by atoms with Crippen LogP contribution >= 0.6 is 0 Å². The first kappa shape index (κ1) is 23.7. The highest BCUT2D eigenvalue weighted by Gasteiger charge is 2.19. The molecule has 0 unspecified atom stereocenters. The average Bonchev–Trinajstić information content (AvgIpc) is 2.77. The molecule has 1 heterocycles. The van der Waals surface area contributed by atoms with Gasteiger partial charge in [0.1, 0.15) is 19.0 Å². The normalized spacial score (nSPS) is 13.1. The summed E-state index contributed by atoms with van der Waals surface area (Å²) in [5, 5.41) is 2.67. The molecule has 0 radical (unpaired) electrons. The smallest absolute Gasteiger partial charge is 0.387 e. The molecule has 0 fully saturated rings. The highest BCUT2D eigenvalue weighted by Crippen LogP contribution is 2.32. The lowest BCUT2D eigenvalue weighted by Crippen LogP contribution is -2.25. The first-order chi connectivity index (χ1) is 15.3. The van der Waals surface area contributed by atoms with Gasteiger partial charge in [0.25, 0.3) is 0 Å². The Balaban J connectivity index is 1.34. The summed E-state index contributed by atoms with van der Waals surface area (Å²) in [6.07, 6.45) is 2.04. The fraction of sp³-hybridized carbons (Fsp3) is 0.381. The summed E-state index contributed by atoms with van der Waals surface area (Å²) in [5.74, 6) is 0.716. The van der Waals surface area contributed by atoms with Gasteiger partial charge in [-0.3, -0.25) is 4.79 Å². The number of amides is 1. The van der Waals surface area contributed by atoms with Gasteiger partial charge in [0.15, 0.2) is 11.5 Å². The molecule has 0 atom stereocenters. The Morgan fingerprint density at radius 3 is 2.44 bits per heavy atom. The number of rotatable bonds is 11. The van der Waals surface area contributed by atoms with Crippen molar-refractivity contribution in [1.82, 2.24) is 4.72 Å². The largest absolute Gasteiger partial charge is 0.486 e. The molecular formula is C21H24F2N2O6S. The summed E-state index contributed by atoms with van der Waals surface area (Å²) < 4.78 is 66.7. The van der Waals surface area contributed by atoms with Gasteiger partial charge in [0.05, 0.1) is 4.90 Å². The third-order valence-electron chi connectivity index (χ3n) is 4.56. The van der Waals surface area contributed by atoms with Gasteiger partial charge in [-0.15, -0.1) is 0 Å². The SMILES string of the molecule is O=C(CCCCCNS(=O)(=O)c1ccc2c(c1)OCCO2)Nc1ccc(OC(F)F)cc1. The van der Waals surface area contributed by atoms with E-state index >= 15 is 0 Å². The number of fused-ring (bicyclic) bond motifs is 1. The molecule has 8 nitrogen and oxygen atoms in total. The summed E-state index contributed by atoms with van der Waals surface area (Å²) >= 11 is 0. The van der Waals surface area contributed by atoms with Crippen LogP contribution in [0.15, 0.2) is 47.4 Å². The van der Waals surface area contributed by atoms with Gasteiger partial charge in [-0.05, 0) is 49.2 Å². The fourth-order valence-electron chi connectivity index (χ4n) is 3.01. The number of hydrogen-bond donors (Lipinski definition) is 2. The van der Waals surface area contributed by atoms with E-state index in [9.17, 15) is 22.0 Å². The fourth-order valence-corrected chi connectivity index (χ4v) is 4.10. The molecule has 2 N–H and O–H groups in total. The van der Waals surface area contributed by atoms with E-state index in [1.807, 2.05) is 0 Å². The number of carbonyl (C=O) groups excluding carboxylic acids is 1. The Labute approximate surface area is 184 Å². The maximum atomic E-state index is 12.4. The number of hydrogen-bond acceptors (Lipinski definition) is 6. The van der Waals surface area contributed by atoms with Crippen LogP contribution in [0.4, 0.5) is 14.5 Å². The van der Waals surface area contributed by atoms with Crippen molar-refractivity contribution in [2.45, 2.75) is 37.2 Å². The first-order valence-electron chi connectivity index (χ1n) is 10.1. The van der Waals surface area contributed by atoms with Gasteiger partial charge >= 0.3 is 6.61 Å². The minimum absolute atomic E-state index is 0.0108. The Kier molecular flexibility index (Phi) is 8.23. The summed E-state index contributed by atoms with van der Waals surface area (Å²) in [6, 6.07) is 10.1. The molecule has 0 spiro atoms.